The molecule has 0 saturated heterocycles. The van der Waals surface area contributed by atoms with Crippen molar-refractivity contribution in [3.05, 3.63) is 34.7 Å². The van der Waals surface area contributed by atoms with Crippen LogP contribution in [0.3, 0.4) is 0 Å². The molecule has 0 aliphatic rings. The molecule has 68 valence electrons. The highest BCUT2D eigenvalue weighted by Gasteiger charge is 2.04. The van der Waals surface area contributed by atoms with Gasteiger partial charge in [-0.2, -0.15) is 0 Å². The molecule has 0 bridgehead atoms. The summed E-state index contributed by atoms with van der Waals surface area (Å²) in [5.74, 6) is -0.731. The number of benzene rings is 1. The van der Waals surface area contributed by atoms with Gasteiger partial charge in [0, 0.05) is 30.5 Å². The summed E-state index contributed by atoms with van der Waals surface area (Å²) in [5, 5.41) is 2.33. The third kappa shape index (κ3) is 2.11. The van der Waals surface area contributed by atoms with E-state index in [-0.39, 0.29) is 0 Å². The van der Waals surface area contributed by atoms with Crippen LogP contribution in [0.25, 0.3) is 0 Å². The lowest BCUT2D eigenvalue weighted by atomic mass is 10.2. The van der Waals surface area contributed by atoms with E-state index >= 15 is 0 Å². The lowest BCUT2D eigenvalue weighted by Crippen LogP contribution is -2.08. The molecule has 1 rings (SSSR count). The Morgan fingerprint density at radius 3 is 2.15 bits per heavy atom. The SMILES string of the molecule is CN(C)c1ccc(C(=O)N=O)cc1. The molecule has 0 aliphatic heterocycles. The molecule has 1 aromatic rings. The molecule has 0 atom stereocenters. The molecule has 0 aromatic heterocycles. The number of nitrogens with zero attached hydrogens (tertiary/aromatic N) is 2. The van der Waals surface area contributed by atoms with Crippen LogP contribution in [0.4, 0.5) is 5.69 Å². The number of amides is 1. The van der Waals surface area contributed by atoms with Gasteiger partial charge in [0.1, 0.15) is 0 Å². The predicted octanol–water partition coefficient (Wildman–Crippen LogP) is 1.66. The monoisotopic (exact) mass is 178 g/mol. The summed E-state index contributed by atoms with van der Waals surface area (Å²) in [4.78, 5) is 22.6. The number of hydrogen-bond donors (Lipinski definition) is 0. The van der Waals surface area contributed by atoms with Crippen LogP contribution in [-0.2, 0) is 0 Å². The van der Waals surface area contributed by atoms with E-state index in [1.165, 1.54) is 0 Å². The van der Waals surface area contributed by atoms with Gasteiger partial charge in [0.25, 0.3) is 0 Å². The average Bonchev–Trinajstić information content (AvgIpc) is 2.17. The first-order valence-electron chi connectivity index (χ1n) is 3.80. The number of carbonyl (C=O) groups is 1. The zero-order chi connectivity index (χ0) is 9.84. The molecule has 0 aliphatic carbocycles. The Morgan fingerprint density at radius 2 is 1.77 bits per heavy atom. The van der Waals surface area contributed by atoms with Crippen molar-refractivity contribution in [3.8, 4) is 0 Å². The summed E-state index contributed by atoms with van der Waals surface area (Å²) in [6, 6.07) is 6.69. The van der Waals surface area contributed by atoms with Crippen molar-refractivity contribution in [2.45, 2.75) is 0 Å². The largest absolute Gasteiger partial charge is 0.378 e. The Bertz CT molecular complexity index is 317. The maximum atomic E-state index is 10.8. The fourth-order valence-corrected chi connectivity index (χ4v) is 0.955. The molecule has 13 heavy (non-hydrogen) atoms. The summed E-state index contributed by atoms with van der Waals surface area (Å²) < 4.78 is 0. The molecule has 0 radical (unpaired) electrons. The highest BCUT2D eigenvalue weighted by atomic mass is 16.3. The highest BCUT2D eigenvalue weighted by molar-refractivity contribution is 5.95. The van der Waals surface area contributed by atoms with E-state index < -0.39 is 5.91 Å². The first-order chi connectivity index (χ1) is 6.15. The summed E-state index contributed by atoms with van der Waals surface area (Å²) in [6.45, 7) is 0. The second-order valence-electron chi connectivity index (χ2n) is 2.84. The number of rotatable bonds is 2. The van der Waals surface area contributed by atoms with Crippen molar-refractivity contribution in [2.75, 3.05) is 19.0 Å². The van der Waals surface area contributed by atoms with Crippen molar-refractivity contribution < 1.29 is 4.79 Å². The van der Waals surface area contributed by atoms with Gasteiger partial charge in [0.2, 0.25) is 0 Å². The molecule has 0 unspecified atom stereocenters. The van der Waals surface area contributed by atoms with Gasteiger partial charge in [-0.3, -0.25) is 4.79 Å². The van der Waals surface area contributed by atoms with E-state index in [1.807, 2.05) is 19.0 Å². The van der Waals surface area contributed by atoms with Crippen LogP contribution in [0, 0.1) is 4.91 Å². The molecule has 4 nitrogen and oxygen atoms in total. The maximum Gasteiger partial charge on any atom is 0.316 e. The van der Waals surface area contributed by atoms with Crippen LogP contribution in [0.2, 0.25) is 0 Å². The third-order valence-electron chi connectivity index (χ3n) is 1.71. The van der Waals surface area contributed by atoms with E-state index in [1.54, 1.807) is 24.3 Å². The molecule has 0 spiro atoms. The maximum absolute atomic E-state index is 10.8. The molecular formula is C9H10N2O2. The number of carbonyl (C=O) groups excluding carboxylic acids is 1. The average molecular weight is 178 g/mol. The zero-order valence-electron chi connectivity index (χ0n) is 7.52. The number of nitroso groups, excluding NO2 is 1. The molecule has 1 amide bonds. The van der Waals surface area contributed by atoms with Crippen LogP contribution in [0.5, 0.6) is 0 Å². The fourth-order valence-electron chi connectivity index (χ4n) is 0.955. The number of hydrogen-bond acceptors (Lipinski definition) is 3. The first kappa shape index (κ1) is 9.38. The summed E-state index contributed by atoms with van der Waals surface area (Å²) in [5.41, 5.74) is 1.29. The van der Waals surface area contributed by atoms with Gasteiger partial charge in [0.15, 0.2) is 0 Å². The van der Waals surface area contributed by atoms with Gasteiger partial charge in [-0.25, -0.2) is 0 Å². The van der Waals surface area contributed by atoms with E-state index in [0.29, 0.717) is 5.56 Å². The predicted molar refractivity (Wildman–Crippen MR) is 50.9 cm³/mol. The Balaban J connectivity index is 2.93. The van der Waals surface area contributed by atoms with E-state index in [4.69, 9.17) is 0 Å². The fraction of sp³-hybridized carbons (Fsp3) is 0.222. The van der Waals surface area contributed by atoms with Gasteiger partial charge < -0.3 is 4.90 Å². The normalized spacial score (nSPS) is 9.38. The Labute approximate surface area is 76.1 Å². The summed E-state index contributed by atoms with van der Waals surface area (Å²) >= 11 is 0. The lowest BCUT2D eigenvalue weighted by molar-refractivity contribution is 0.100. The van der Waals surface area contributed by atoms with Crippen LogP contribution >= 0.6 is 0 Å². The van der Waals surface area contributed by atoms with Crippen LogP contribution in [0.1, 0.15) is 10.4 Å². The number of anilines is 1. The van der Waals surface area contributed by atoms with Crippen LogP contribution in [-0.4, -0.2) is 20.0 Å². The summed E-state index contributed by atoms with van der Waals surface area (Å²) in [7, 11) is 3.80. The van der Waals surface area contributed by atoms with E-state index in [2.05, 4.69) is 5.18 Å². The Morgan fingerprint density at radius 1 is 1.23 bits per heavy atom. The van der Waals surface area contributed by atoms with Crippen molar-refractivity contribution in [1.82, 2.24) is 0 Å². The van der Waals surface area contributed by atoms with Gasteiger partial charge in [-0.05, 0) is 24.3 Å². The second-order valence-corrected chi connectivity index (χ2v) is 2.84. The standard InChI is InChI=1S/C9H10N2O2/c1-11(2)8-5-3-7(4-6-8)9(12)10-13/h3-6H,1-2H3. The lowest BCUT2D eigenvalue weighted by Gasteiger charge is -2.11. The van der Waals surface area contributed by atoms with Crippen molar-refractivity contribution in [2.24, 2.45) is 5.18 Å². The third-order valence-corrected chi connectivity index (χ3v) is 1.71. The van der Waals surface area contributed by atoms with E-state index in [0.717, 1.165) is 5.69 Å². The molecule has 4 heteroatoms. The van der Waals surface area contributed by atoms with Gasteiger partial charge in [0.05, 0.1) is 0 Å². The van der Waals surface area contributed by atoms with Crippen molar-refractivity contribution in [3.63, 3.8) is 0 Å². The molecule has 0 N–H and O–H groups in total. The quantitative estimate of drug-likeness (QED) is 0.647. The van der Waals surface area contributed by atoms with Gasteiger partial charge in [-0.15, -0.1) is 4.91 Å². The van der Waals surface area contributed by atoms with Crippen molar-refractivity contribution >= 4 is 11.6 Å². The summed E-state index contributed by atoms with van der Waals surface area (Å²) in [6.07, 6.45) is 0. The van der Waals surface area contributed by atoms with Crippen LogP contribution < -0.4 is 4.90 Å². The molecule has 0 saturated carbocycles. The first-order valence-corrected chi connectivity index (χ1v) is 3.80. The highest BCUT2D eigenvalue weighted by Crippen LogP contribution is 2.12. The minimum Gasteiger partial charge on any atom is -0.378 e. The molecule has 0 heterocycles. The van der Waals surface area contributed by atoms with Crippen LogP contribution in [0.15, 0.2) is 29.4 Å². The van der Waals surface area contributed by atoms with Gasteiger partial charge in [-0.1, -0.05) is 0 Å². The van der Waals surface area contributed by atoms with Gasteiger partial charge >= 0.3 is 5.91 Å². The minimum absolute atomic E-state index is 0.320. The second kappa shape index (κ2) is 3.80. The molecular weight excluding hydrogens is 168 g/mol. The topological polar surface area (TPSA) is 49.7 Å². The van der Waals surface area contributed by atoms with Crippen molar-refractivity contribution in [1.29, 1.82) is 0 Å². The Kier molecular flexibility index (Phi) is 2.74. The molecule has 0 fully saturated rings. The van der Waals surface area contributed by atoms with E-state index in [9.17, 15) is 9.70 Å². The Hall–Kier alpha value is -1.71. The minimum atomic E-state index is -0.731. The zero-order valence-corrected chi connectivity index (χ0v) is 7.52. The molecule has 1 aromatic carbocycles. The smallest absolute Gasteiger partial charge is 0.316 e.